The van der Waals surface area contributed by atoms with Gasteiger partial charge in [0.25, 0.3) is 0 Å². The Kier molecular flexibility index (Phi) is 3.77. The molecule has 0 aromatic heterocycles. The number of carbonyl (C=O) groups excluding carboxylic acids is 2. The average molecular weight is 157 g/mol. The highest BCUT2D eigenvalue weighted by Crippen LogP contribution is 1.97. The van der Waals surface area contributed by atoms with Gasteiger partial charge in [-0.2, -0.15) is 4.99 Å². The molecule has 0 saturated carbocycles. The fourth-order valence-electron chi connectivity index (χ4n) is 0.524. The highest BCUT2D eigenvalue weighted by molar-refractivity contribution is 5.84. The molecule has 1 atom stereocenters. The zero-order chi connectivity index (χ0) is 8.85. The third-order valence-electron chi connectivity index (χ3n) is 0.974. The maximum absolute atomic E-state index is 10.4. The lowest BCUT2D eigenvalue weighted by Crippen LogP contribution is -2.20. The Balaban J connectivity index is 4.22. The number of carboxylic acid groups (broad SMARTS) is 1. The predicted molar refractivity (Wildman–Crippen MR) is 34.8 cm³/mol. The van der Waals surface area contributed by atoms with Gasteiger partial charge < -0.3 is 5.11 Å². The van der Waals surface area contributed by atoms with Crippen LogP contribution in [0, 0.1) is 0 Å². The van der Waals surface area contributed by atoms with E-state index in [1.54, 1.807) is 0 Å². The van der Waals surface area contributed by atoms with Gasteiger partial charge in [-0.1, -0.05) is 0 Å². The van der Waals surface area contributed by atoms with Crippen molar-refractivity contribution in [3.8, 4) is 0 Å². The first-order valence-electron chi connectivity index (χ1n) is 2.87. The average Bonchev–Trinajstić information content (AvgIpc) is 1.86. The summed E-state index contributed by atoms with van der Waals surface area (Å²) in [7, 11) is 0. The standard InChI is InChI=1S/C6H7NO4/c1-4(9)2-5(6(10)11)7-3-8/h5H,2H2,1H3,(H,10,11). The second-order valence-corrected chi connectivity index (χ2v) is 1.98. The van der Waals surface area contributed by atoms with Crippen LogP contribution in [-0.2, 0) is 14.4 Å². The molecule has 11 heavy (non-hydrogen) atoms. The number of ketones is 1. The molecule has 0 saturated heterocycles. The van der Waals surface area contributed by atoms with Crippen LogP contribution in [0.4, 0.5) is 0 Å². The quantitative estimate of drug-likeness (QED) is 0.450. The Bertz CT molecular complexity index is 215. The normalized spacial score (nSPS) is 11.4. The van der Waals surface area contributed by atoms with E-state index in [0.717, 1.165) is 6.08 Å². The summed E-state index contributed by atoms with van der Waals surface area (Å²) >= 11 is 0. The maximum atomic E-state index is 10.4. The van der Waals surface area contributed by atoms with Crippen molar-refractivity contribution < 1.29 is 19.5 Å². The summed E-state index contributed by atoms with van der Waals surface area (Å²) in [6, 6.07) is -1.27. The van der Waals surface area contributed by atoms with Gasteiger partial charge in [-0.25, -0.2) is 9.59 Å². The number of hydrogen-bond acceptors (Lipinski definition) is 4. The van der Waals surface area contributed by atoms with Gasteiger partial charge >= 0.3 is 5.97 Å². The van der Waals surface area contributed by atoms with Crippen LogP contribution >= 0.6 is 0 Å². The van der Waals surface area contributed by atoms with E-state index >= 15 is 0 Å². The minimum Gasteiger partial charge on any atom is -0.480 e. The molecule has 0 radical (unpaired) electrons. The monoisotopic (exact) mass is 157 g/mol. The van der Waals surface area contributed by atoms with E-state index < -0.39 is 12.0 Å². The van der Waals surface area contributed by atoms with Gasteiger partial charge in [0, 0.05) is 6.42 Å². The van der Waals surface area contributed by atoms with Gasteiger partial charge in [-0.3, -0.25) is 4.79 Å². The van der Waals surface area contributed by atoms with E-state index in [4.69, 9.17) is 5.11 Å². The lowest BCUT2D eigenvalue weighted by molar-refractivity contribution is -0.139. The van der Waals surface area contributed by atoms with Crippen molar-refractivity contribution in [3.63, 3.8) is 0 Å². The van der Waals surface area contributed by atoms with Crippen molar-refractivity contribution in [2.75, 3.05) is 0 Å². The van der Waals surface area contributed by atoms with Gasteiger partial charge in [0.2, 0.25) is 6.08 Å². The van der Waals surface area contributed by atoms with E-state index in [2.05, 4.69) is 4.99 Å². The smallest absolute Gasteiger partial charge is 0.329 e. The number of nitrogens with zero attached hydrogens (tertiary/aromatic N) is 1. The number of aliphatic imine (C=N–C) groups is 1. The van der Waals surface area contributed by atoms with Crippen molar-refractivity contribution in [3.05, 3.63) is 0 Å². The van der Waals surface area contributed by atoms with Crippen LogP contribution in [0.2, 0.25) is 0 Å². The largest absolute Gasteiger partial charge is 0.480 e. The summed E-state index contributed by atoms with van der Waals surface area (Å²) in [4.78, 5) is 33.2. The Morgan fingerprint density at radius 2 is 2.18 bits per heavy atom. The van der Waals surface area contributed by atoms with E-state index in [9.17, 15) is 14.4 Å². The van der Waals surface area contributed by atoms with Crippen LogP contribution in [0.15, 0.2) is 4.99 Å². The van der Waals surface area contributed by atoms with Crippen molar-refractivity contribution in [1.82, 2.24) is 0 Å². The highest BCUT2D eigenvalue weighted by atomic mass is 16.4. The van der Waals surface area contributed by atoms with Crippen LogP contribution in [0.5, 0.6) is 0 Å². The number of hydrogen-bond donors (Lipinski definition) is 1. The van der Waals surface area contributed by atoms with Crippen LogP contribution in [0.25, 0.3) is 0 Å². The predicted octanol–water partition coefficient (Wildman–Crippen LogP) is -0.245. The minimum atomic E-state index is -1.29. The molecule has 0 amide bonds. The molecule has 0 aliphatic heterocycles. The second-order valence-electron chi connectivity index (χ2n) is 1.98. The van der Waals surface area contributed by atoms with Crippen LogP contribution < -0.4 is 0 Å². The molecule has 60 valence electrons. The zero-order valence-electron chi connectivity index (χ0n) is 5.90. The molecule has 0 aliphatic carbocycles. The van der Waals surface area contributed by atoms with Crippen LogP contribution in [0.3, 0.4) is 0 Å². The number of aliphatic carboxylic acids is 1. The van der Waals surface area contributed by atoms with Gasteiger partial charge in [0.1, 0.15) is 5.78 Å². The van der Waals surface area contributed by atoms with E-state index in [1.807, 2.05) is 0 Å². The molecule has 0 rings (SSSR count). The van der Waals surface area contributed by atoms with Gasteiger partial charge in [0.05, 0.1) is 0 Å². The number of rotatable bonds is 4. The third-order valence-corrected chi connectivity index (χ3v) is 0.974. The summed E-state index contributed by atoms with van der Waals surface area (Å²) < 4.78 is 0. The summed E-state index contributed by atoms with van der Waals surface area (Å²) in [6.45, 7) is 1.23. The number of isocyanates is 1. The molecule has 5 heteroatoms. The zero-order valence-corrected chi connectivity index (χ0v) is 5.90. The molecule has 0 aromatic rings. The Hall–Kier alpha value is -1.48. The fourth-order valence-corrected chi connectivity index (χ4v) is 0.524. The fraction of sp³-hybridized carbons (Fsp3) is 0.500. The topological polar surface area (TPSA) is 83.8 Å². The van der Waals surface area contributed by atoms with Crippen molar-refractivity contribution in [1.29, 1.82) is 0 Å². The molecule has 0 fully saturated rings. The van der Waals surface area contributed by atoms with Crippen molar-refractivity contribution in [2.45, 2.75) is 19.4 Å². The molecule has 1 N–H and O–H groups in total. The maximum Gasteiger partial charge on any atom is 0.329 e. The first kappa shape index (κ1) is 9.52. The molecular weight excluding hydrogens is 150 g/mol. The summed E-state index contributed by atoms with van der Waals surface area (Å²) in [5.74, 6) is -1.61. The SMILES string of the molecule is CC(=O)CC(N=C=O)C(=O)O. The third kappa shape index (κ3) is 4.00. The number of Topliss-reactive ketones (excluding diaryl/α,β-unsaturated/α-hetero) is 1. The first-order valence-corrected chi connectivity index (χ1v) is 2.87. The van der Waals surface area contributed by atoms with Crippen LogP contribution in [0.1, 0.15) is 13.3 Å². The Morgan fingerprint density at radius 1 is 1.64 bits per heavy atom. The van der Waals surface area contributed by atoms with Crippen molar-refractivity contribution in [2.24, 2.45) is 4.99 Å². The lowest BCUT2D eigenvalue weighted by Gasteiger charge is -1.99. The molecule has 0 aliphatic rings. The summed E-state index contributed by atoms with van der Waals surface area (Å²) in [6.07, 6.45) is 0.837. The molecule has 0 spiro atoms. The number of carboxylic acids is 1. The lowest BCUT2D eigenvalue weighted by atomic mass is 10.2. The molecule has 0 heterocycles. The minimum absolute atomic E-state index is 0.259. The number of carbonyl (C=O) groups is 2. The van der Waals surface area contributed by atoms with E-state index in [-0.39, 0.29) is 12.2 Å². The van der Waals surface area contributed by atoms with E-state index in [1.165, 1.54) is 6.92 Å². The molecule has 0 bridgehead atoms. The van der Waals surface area contributed by atoms with Crippen LogP contribution in [-0.4, -0.2) is 29.0 Å². The summed E-state index contributed by atoms with van der Waals surface area (Å²) in [5, 5.41) is 8.33. The van der Waals surface area contributed by atoms with Gasteiger partial charge in [-0.15, -0.1) is 0 Å². The van der Waals surface area contributed by atoms with E-state index in [0.29, 0.717) is 0 Å². The van der Waals surface area contributed by atoms with Gasteiger partial charge in [-0.05, 0) is 6.92 Å². The Labute approximate surface area is 62.7 Å². The Morgan fingerprint density at radius 3 is 2.45 bits per heavy atom. The van der Waals surface area contributed by atoms with Gasteiger partial charge in [0.15, 0.2) is 6.04 Å². The first-order chi connectivity index (χ1) is 5.07. The molecule has 1 unspecified atom stereocenters. The molecule has 5 nitrogen and oxygen atoms in total. The summed E-state index contributed by atoms with van der Waals surface area (Å²) in [5.41, 5.74) is 0. The van der Waals surface area contributed by atoms with Crippen molar-refractivity contribution >= 4 is 17.8 Å². The highest BCUT2D eigenvalue weighted by Gasteiger charge is 2.17. The second kappa shape index (κ2) is 4.35. The molecule has 0 aromatic carbocycles. The molecular formula is C6H7NO4.